The first-order valence-corrected chi connectivity index (χ1v) is 13.5. The second-order valence-electron chi connectivity index (χ2n) is 10.4. The number of carbonyl (C=O) groups is 4. The van der Waals surface area contributed by atoms with Crippen molar-refractivity contribution >= 4 is 23.6 Å². The molecule has 2 amide bonds. The van der Waals surface area contributed by atoms with Crippen LogP contribution in [0, 0.1) is 11.8 Å². The average Bonchev–Trinajstić information content (AvgIpc) is 3.31. The Morgan fingerprint density at radius 2 is 1.98 bits per heavy atom. The normalized spacial score (nSPS) is 31.3. The monoisotopic (exact) mass is 569 g/mol. The first-order chi connectivity index (χ1) is 19.5. The second kappa shape index (κ2) is 14.1. The zero-order chi connectivity index (χ0) is 30.3. The number of hydrogen-bond donors (Lipinski definition) is 3. The molecule has 0 aromatic carbocycles. The molecule has 0 unspecified atom stereocenters. The van der Waals surface area contributed by atoms with Crippen molar-refractivity contribution in [1.29, 1.82) is 0 Å². The molecule has 222 valence electrons. The van der Waals surface area contributed by atoms with Gasteiger partial charge in [-0.05, 0) is 31.8 Å². The van der Waals surface area contributed by atoms with Crippen LogP contribution in [0.4, 0.5) is 4.79 Å². The molecule has 0 saturated carbocycles. The van der Waals surface area contributed by atoms with Crippen LogP contribution in [-0.4, -0.2) is 68.7 Å². The Morgan fingerprint density at radius 1 is 1.24 bits per heavy atom. The standard InChI is InChI=1S/C30H39N3O8/c1-7-11-32-25-19-12-16(2)13-23(39-6)27-18(4)14-24(40-27)28(41-30(31)37)22(38-5)10-8-9-17(3)29(36)33-20(26(19)35)15-21(25)34/h7-10,14-16,18,22-23,27-28,32H,1,11-13H2,2-6H3,(H2,31,37)(H,33,36)/b10-8-,17-9+/t16-,18+,22+,23+,27-,28-/m1/s1. The summed E-state index contributed by atoms with van der Waals surface area (Å²) in [6.07, 6.45) is 6.36. The fourth-order valence-electron chi connectivity index (χ4n) is 5.10. The van der Waals surface area contributed by atoms with Gasteiger partial charge in [0.2, 0.25) is 11.6 Å². The number of hydrogen-bond acceptors (Lipinski definition) is 9. The smallest absolute Gasteiger partial charge is 0.405 e. The summed E-state index contributed by atoms with van der Waals surface area (Å²) in [5, 5.41) is 5.57. The third kappa shape index (κ3) is 7.62. The van der Waals surface area contributed by atoms with E-state index in [1.807, 2.05) is 19.9 Å². The number of fused-ring (bicyclic) bond motifs is 4. The van der Waals surface area contributed by atoms with E-state index in [1.165, 1.54) is 13.2 Å². The van der Waals surface area contributed by atoms with Crippen LogP contribution < -0.4 is 16.4 Å². The zero-order valence-corrected chi connectivity index (χ0v) is 24.1. The number of allylic oxidation sites excluding steroid dienone is 4. The first kappa shape index (κ1) is 31.6. The fraction of sp³-hybridized carbons (Fsp3) is 0.467. The molecule has 6 atom stereocenters. The lowest BCUT2D eigenvalue weighted by Gasteiger charge is -2.30. The molecule has 3 rings (SSSR count). The summed E-state index contributed by atoms with van der Waals surface area (Å²) in [6.45, 7) is 9.42. The van der Waals surface area contributed by atoms with Gasteiger partial charge in [0.05, 0.1) is 17.5 Å². The predicted molar refractivity (Wildman–Crippen MR) is 151 cm³/mol. The fourth-order valence-corrected chi connectivity index (χ4v) is 5.10. The largest absolute Gasteiger partial charge is 0.488 e. The Hall–Kier alpha value is -3.96. The van der Waals surface area contributed by atoms with Crippen LogP contribution in [0.5, 0.6) is 0 Å². The summed E-state index contributed by atoms with van der Waals surface area (Å²) in [7, 11) is 3.02. The van der Waals surface area contributed by atoms with Crippen molar-refractivity contribution < 1.29 is 38.1 Å². The van der Waals surface area contributed by atoms with Gasteiger partial charge in [0.25, 0.3) is 5.91 Å². The van der Waals surface area contributed by atoms with E-state index < -0.39 is 48.0 Å². The third-order valence-electron chi connectivity index (χ3n) is 7.19. The number of methoxy groups -OCH3 is 2. The maximum atomic E-state index is 13.5. The van der Waals surface area contributed by atoms with Gasteiger partial charge in [-0.3, -0.25) is 14.4 Å². The van der Waals surface area contributed by atoms with Crippen molar-refractivity contribution in [2.75, 3.05) is 20.8 Å². The maximum absolute atomic E-state index is 13.5. The van der Waals surface area contributed by atoms with Gasteiger partial charge in [-0.1, -0.05) is 38.2 Å². The van der Waals surface area contributed by atoms with Crippen LogP contribution in [0.15, 0.2) is 71.3 Å². The Balaban J connectivity index is 2.07. The Kier molecular flexibility index (Phi) is 10.8. The molecule has 2 heterocycles. The summed E-state index contributed by atoms with van der Waals surface area (Å²) in [5.41, 5.74) is 5.99. The minimum Gasteiger partial charge on any atom is -0.488 e. The van der Waals surface area contributed by atoms with E-state index in [9.17, 15) is 19.2 Å². The van der Waals surface area contributed by atoms with Crippen LogP contribution in [0.2, 0.25) is 0 Å². The molecule has 0 aromatic heterocycles. The van der Waals surface area contributed by atoms with Crippen LogP contribution in [-0.2, 0) is 33.3 Å². The highest BCUT2D eigenvalue weighted by Gasteiger charge is 2.40. The van der Waals surface area contributed by atoms with Crippen LogP contribution in [0.25, 0.3) is 0 Å². The summed E-state index contributed by atoms with van der Waals surface area (Å²) in [5.74, 6) is -1.29. The van der Waals surface area contributed by atoms with E-state index in [-0.39, 0.29) is 47.3 Å². The number of nitrogens with two attached hydrogens (primary N) is 1. The van der Waals surface area contributed by atoms with Crippen LogP contribution in [0.3, 0.4) is 0 Å². The van der Waals surface area contributed by atoms with Gasteiger partial charge in [-0.25, -0.2) is 4.79 Å². The van der Waals surface area contributed by atoms with Gasteiger partial charge in [-0.15, -0.1) is 6.58 Å². The Bertz CT molecular complexity index is 1230. The highest BCUT2D eigenvalue weighted by Crippen LogP contribution is 2.35. The third-order valence-corrected chi connectivity index (χ3v) is 7.19. The molecule has 0 aromatic rings. The SMILES string of the molecule is C=CCNC1=C2C[C@@H](C)C[C@H](OC)[C@@H]3OC(=C[C@@H]3C)[C@H](OC(N)=O)[C@@H](OC)/C=C\C=C(/C)C(=O)NC(=CC1=O)C2=O. The van der Waals surface area contributed by atoms with E-state index in [4.69, 9.17) is 24.7 Å². The zero-order valence-electron chi connectivity index (χ0n) is 24.1. The molecular formula is C30H39N3O8. The van der Waals surface area contributed by atoms with Gasteiger partial charge >= 0.3 is 6.09 Å². The van der Waals surface area contributed by atoms with E-state index in [0.29, 0.717) is 12.2 Å². The number of ether oxygens (including phenoxy) is 4. The number of ketones is 2. The minimum atomic E-state index is -0.996. The molecule has 3 aliphatic rings. The molecule has 11 nitrogen and oxygen atoms in total. The van der Waals surface area contributed by atoms with E-state index in [0.717, 1.165) is 6.08 Å². The number of amides is 2. The molecule has 2 aliphatic heterocycles. The lowest BCUT2D eigenvalue weighted by atomic mass is 9.85. The van der Waals surface area contributed by atoms with Crippen molar-refractivity contribution in [2.24, 2.45) is 17.6 Å². The molecule has 0 fully saturated rings. The molecule has 11 heteroatoms. The number of rotatable bonds is 6. The summed E-state index contributed by atoms with van der Waals surface area (Å²) in [6, 6.07) is 0. The van der Waals surface area contributed by atoms with Gasteiger partial charge in [-0.2, -0.15) is 0 Å². The quantitative estimate of drug-likeness (QED) is 0.323. The van der Waals surface area contributed by atoms with Gasteiger partial charge in [0, 0.05) is 43.9 Å². The second-order valence-corrected chi connectivity index (χ2v) is 10.4. The molecule has 1 aliphatic carbocycles. The minimum absolute atomic E-state index is 0.0984. The highest BCUT2D eigenvalue weighted by molar-refractivity contribution is 6.23. The predicted octanol–water partition coefficient (Wildman–Crippen LogP) is 2.51. The molecule has 4 N–H and O–H groups in total. The first-order valence-electron chi connectivity index (χ1n) is 13.5. The van der Waals surface area contributed by atoms with Crippen molar-refractivity contribution in [3.63, 3.8) is 0 Å². The van der Waals surface area contributed by atoms with E-state index in [2.05, 4.69) is 17.2 Å². The van der Waals surface area contributed by atoms with E-state index in [1.54, 1.807) is 32.3 Å². The molecule has 0 radical (unpaired) electrons. The number of nitrogens with one attached hydrogen (secondary N) is 2. The Labute approximate surface area is 240 Å². The van der Waals surface area contributed by atoms with E-state index >= 15 is 0 Å². The molecular weight excluding hydrogens is 530 g/mol. The lowest BCUT2D eigenvalue weighted by molar-refractivity contribution is -0.120. The molecule has 41 heavy (non-hydrogen) atoms. The number of primary amides is 1. The number of Topliss-reactive ketones (excluding diaryl/α,β-unsaturated/α-hetero) is 1. The topological polar surface area (TPSA) is 155 Å². The van der Waals surface area contributed by atoms with Crippen LogP contribution in [0.1, 0.15) is 33.6 Å². The van der Waals surface area contributed by atoms with Crippen molar-refractivity contribution in [3.05, 3.63) is 71.3 Å². The summed E-state index contributed by atoms with van der Waals surface area (Å²) < 4.78 is 23.1. The number of carbonyl (C=O) groups excluding carboxylic acids is 4. The lowest BCUT2D eigenvalue weighted by Crippen LogP contribution is -2.38. The molecule has 0 spiro atoms. The maximum Gasteiger partial charge on any atom is 0.405 e. The summed E-state index contributed by atoms with van der Waals surface area (Å²) in [4.78, 5) is 51.3. The highest BCUT2D eigenvalue weighted by atomic mass is 16.6. The molecule has 0 saturated heterocycles. The van der Waals surface area contributed by atoms with Gasteiger partial charge in [0.15, 0.2) is 6.10 Å². The average molecular weight is 570 g/mol. The van der Waals surface area contributed by atoms with Gasteiger partial charge in [0.1, 0.15) is 18.0 Å². The van der Waals surface area contributed by atoms with Crippen molar-refractivity contribution in [3.8, 4) is 0 Å². The molecule has 4 bridgehead atoms. The Morgan fingerprint density at radius 3 is 2.61 bits per heavy atom. The van der Waals surface area contributed by atoms with Crippen LogP contribution >= 0.6 is 0 Å². The van der Waals surface area contributed by atoms with Crippen molar-refractivity contribution in [1.82, 2.24) is 10.6 Å². The van der Waals surface area contributed by atoms with Gasteiger partial charge < -0.3 is 35.3 Å². The van der Waals surface area contributed by atoms with Crippen molar-refractivity contribution in [2.45, 2.75) is 58.0 Å². The summed E-state index contributed by atoms with van der Waals surface area (Å²) >= 11 is 0.